The van der Waals surface area contributed by atoms with Gasteiger partial charge in [-0.15, -0.1) is 0 Å². The first-order chi connectivity index (χ1) is 6.02. The summed E-state index contributed by atoms with van der Waals surface area (Å²) in [6.45, 7) is 3.30. The van der Waals surface area contributed by atoms with Crippen LogP contribution in [0.2, 0.25) is 0 Å². The molecule has 1 rings (SSSR count). The van der Waals surface area contributed by atoms with E-state index in [1.807, 2.05) is 0 Å². The highest BCUT2D eigenvalue weighted by Crippen LogP contribution is 2.48. The van der Waals surface area contributed by atoms with E-state index in [1.165, 1.54) is 12.1 Å². The second-order valence-electron chi connectivity index (χ2n) is 2.97. The summed E-state index contributed by atoms with van der Waals surface area (Å²) in [5, 5.41) is 0.115. The fourth-order valence-corrected chi connectivity index (χ4v) is 2.13. The minimum Gasteiger partial charge on any atom is -0.299 e. The Morgan fingerprint density at radius 1 is 1.31 bits per heavy atom. The number of rotatable bonds is 3. The summed E-state index contributed by atoms with van der Waals surface area (Å²) in [4.78, 5) is 0. The van der Waals surface area contributed by atoms with Gasteiger partial charge in [0.25, 0.3) is 0 Å². The van der Waals surface area contributed by atoms with Crippen LogP contribution in [0.5, 0.6) is 0 Å². The average Bonchev–Trinajstić information content (AvgIpc) is 2.04. The van der Waals surface area contributed by atoms with Gasteiger partial charge in [0.05, 0.1) is 11.4 Å². The fraction of sp³-hybridized carbons (Fsp3) is 0.333. The maximum absolute atomic E-state index is 13.4. The molecule has 0 amide bonds. The highest BCUT2D eigenvalue weighted by atomic mass is 31.2. The van der Waals surface area contributed by atoms with Crippen molar-refractivity contribution in [3.8, 4) is 0 Å². The molecule has 0 fully saturated rings. The Balaban J connectivity index is 2.88. The number of benzene rings is 1. The Kier molecular flexibility index (Phi) is 3.23. The Bertz CT molecular complexity index is 311. The van der Waals surface area contributed by atoms with Crippen LogP contribution >= 0.6 is 7.68 Å². The van der Waals surface area contributed by atoms with Crippen molar-refractivity contribution in [2.75, 3.05) is 0 Å². The molecule has 2 nitrogen and oxygen atoms in total. The van der Waals surface area contributed by atoms with Crippen molar-refractivity contribution in [1.82, 2.24) is 0 Å². The van der Waals surface area contributed by atoms with Gasteiger partial charge in [-0.25, -0.2) is 4.57 Å². The number of hydrogen-bond donors (Lipinski definition) is 0. The van der Waals surface area contributed by atoms with Crippen LogP contribution in [0.25, 0.3) is 0 Å². The lowest BCUT2D eigenvalue weighted by molar-refractivity contribution is 0.230. The van der Waals surface area contributed by atoms with Gasteiger partial charge in [0.2, 0.25) is 0 Å². The molecule has 0 aliphatic carbocycles. The molecular weight excluding hydrogens is 190 g/mol. The van der Waals surface area contributed by atoms with Crippen molar-refractivity contribution in [2.45, 2.75) is 20.0 Å². The molecule has 0 aliphatic rings. The van der Waals surface area contributed by atoms with E-state index in [0.717, 1.165) is 0 Å². The van der Waals surface area contributed by atoms with Crippen molar-refractivity contribution < 1.29 is 13.3 Å². The Hall–Kier alpha value is -0.660. The smallest absolute Gasteiger partial charge is 0.299 e. The lowest BCUT2D eigenvalue weighted by Crippen LogP contribution is -2.07. The highest BCUT2D eigenvalue weighted by Gasteiger charge is 2.25. The summed E-state index contributed by atoms with van der Waals surface area (Å²) in [6, 6.07) is 7.92. The highest BCUT2D eigenvalue weighted by molar-refractivity contribution is 7.61. The molecule has 1 aromatic rings. The molecule has 1 aromatic carbocycles. The molecule has 0 aromatic heterocycles. The molecule has 13 heavy (non-hydrogen) atoms. The number of halogens is 1. The lowest BCUT2D eigenvalue weighted by Gasteiger charge is -2.12. The Morgan fingerprint density at radius 2 is 1.85 bits per heavy atom. The van der Waals surface area contributed by atoms with Gasteiger partial charge in [-0.3, -0.25) is 4.52 Å². The third-order valence-electron chi connectivity index (χ3n) is 1.41. The van der Waals surface area contributed by atoms with Crippen LogP contribution in [-0.2, 0) is 9.09 Å². The first kappa shape index (κ1) is 10.4. The minimum absolute atomic E-state index is 0.115. The quantitative estimate of drug-likeness (QED) is 0.704. The van der Waals surface area contributed by atoms with Crippen molar-refractivity contribution in [1.29, 1.82) is 0 Å². The van der Waals surface area contributed by atoms with Crippen molar-refractivity contribution in [3.05, 3.63) is 30.3 Å². The summed E-state index contributed by atoms with van der Waals surface area (Å²) in [5.41, 5.74) is 0. The predicted molar refractivity (Wildman–Crippen MR) is 51.0 cm³/mol. The van der Waals surface area contributed by atoms with Crippen molar-refractivity contribution in [2.24, 2.45) is 0 Å². The van der Waals surface area contributed by atoms with Crippen LogP contribution in [0, 0.1) is 0 Å². The molecule has 0 heterocycles. The third-order valence-corrected chi connectivity index (χ3v) is 3.02. The van der Waals surface area contributed by atoms with Gasteiger partial charge >= 0.3 is 7.68 Å². The second-order valence-corrected chi connectivity index (χ2v) is 4.66. The minimum atomic E-state index is -4.10. The Morgan fingerprint density at radius 3 is 2.31 bits per heavy atom. The van der Waals surface area contributed by atoms with Gasteiger partial charge < -0.3 is 0 Å². The molecule has 0 saturated heterocycles. The lowest BCUT2D eigenvalue weighted by atomic mass is 10.4. The van der Waals surface area contributed by atoms with Crippen LogP contribution in [0.1, 0.15) is 13.8 Å². The first-order valence-corrected chi connectivity index (χ1v) is 5.57. The monoisotopic (exact) mass is 202 g/mol. The average molecular weight is 202 g/mol. The summed E-state index contributed by atoms with van der Waals surface area (Å²) >= 11 is 0. The largest absolute Gasteiger partial charge is 0.397 e. The molecule has 72 valence electrons. The van der Waals surface area contributed by atoms with E-state index in [4.69, 9.17) is 4.52 Å². The van der Waals surface area contributed by atoms with Gasteiger partial charge in [0.15, 0.2) is 0 Å². The molecule has 1 atom stereocenters. The molecule has 0 bridgehead atoms. The van der Waals surface area contributed by atoms with Gasteiger partial charge in [-0.1, -0.05) is 18.2 Å². The maximum atomic E-state index is 13.4. The molecule has 0 aliphatic heterocycles. The van der Waals surface area contributed by atoms with E-state index in [0.29, 0.717) is 0 Å². The van der Waals surface area contributed by atoms with Crippen LogP contribution < -0.4 is 5.30 Å². The molecular formula is C9H12FO2P. The van der Waals surface area contributed by atoms with E-state index >= 15 is 0 Å². The van der Waals surface area contributed by atoms with Gasteiger partial charge in [-0.2, -0.15) is 4.20 Å². The van der Waals surface area contributed by atoms with E-state index in [2.05, 4.69) is 0 Å². The zero-order valence-corrected chi connectivity index (χ0v) is 8.50. The van der Waals surface area contributed by atoms with E-state index in [9.17, 15) is 8.76 Å². The van der Waals surface area contributed by atoms with E-state index < -0.39 is 7.68 Å². The molecule has 0 spiro atoms. The molecule has 0 N–H and O–H groups in total. The summed E-state index contributed by atoms with van der Waals surface area (Å²) < 4.78 is 29.5. The van der Waals surface area contributed by atoms with Crippen LogP contribution in [0.15, 0.2) is 30.3 Å². The molecule has 0 radical (unpaired) electrons. The van der Waals surface area contributed by atoms with Crippen molar-refractivity contribution >= 4 is 13.0 Å². The SMILES string of the molecule is CC(C)OP(=O)(F)c1ccccc1. The van der Waals surface area contributed by atoms with Gasteiger partial charge in [0, 0.05) is 0 Å². The summed E-state index contributed by atoms with van der Waals surface area (Å²) in [5.74, 6) is 0. The summed E-state index contributed by atoms with van der Waals surface area (Å²) in [7, 11) is -4.10. The standard InChI is InChI=1S/C9H12FO2P/c1-8(2)12-13(10,11)9-6-4-3-5-7-9/h3-8H,1-2H3. The van der Waals surface area contributed by atoms with Crippen molar-refractivity contribution in [3.63, 3.8) is 0 Å². The molecule has 1 unspecified atom stereocenters. The van der Waals surface area contributed by atoms with Gasteiger partial charge in [-0.05, 0) is 26.0 Å². The Labute approximate surface area is 77.3 Å². The molecule has 0 saturated carbocycles. The summed E-state index contributed by atoms with van der Waals surface area (Å²) in [6.07, 6.45) is -0.379. The normalized spacial score (nSPS) is 15.7. The zero-order chi connectivity index (χ0) is 9.90. The topological polar surface area (TPSA) is 26.3 Å². The molecule has 4 heteroatoms. The zero-order valence-electron chi connectivity index (χ0n) is 7.61. The van der Waals surface area contributed by atoms with Crippen LogP contribution in [0.4, 0.5) is 4.20 Å². The van der Waals surface area contributed by atoms with E-state index in [-0.39, 0.29) is 11.4 Å². The van der Waals surface area contributed by atoms with Gasteiger partial charge in [0.1, 0.15) is 0 Å². The maximum Gasteiger partial charge on any atom is 0.397 e. The third kappa shape index (κ3) is 2.94. The predicted octanol–water partition coefficient (Wildman–Crippen LogP) is 2.90. The number of hydrogen-bond acceptors (Lipinski definition) is 2. The van der Waals surface area contributed by atoms with Crippen LogP contribution in [-0.4, -0.2) is 6.10 Å². The fourth-order valence-electron chi connectivity index (χ4n) is 0.938. The first-order valence-electron chi connectivity index (χ1n) is 4.06. The van der Waals surface area contributed by atoms with E-state index in [1.54, 1.807) is 32.0 Å². The van der Waals surface area contributed by atoms with Crippen LogP contribution in [0.3, 0.4) is 0 Å². The second kappa shape index (κ2) is 4.03.